The molecule has 0 amide bonds. The third kappa shape index (κ3) is 7.63. The molecule has 2 aromatic heterocycles. The van der Waals surface area contributed by atoms with Gasteiger partial charge in [-0.15, -0.1) is 0 Å². The number of phenolic OH excluding ortho intramolecular Hbond substituents is 2. The number of nitrogen functional groups attached to an aromatic ring is 1. The number of nitrogens with one attached hydrogen (secondary N) is 1. The summed E-state index contributed by atoms with van der Waals surface area (Å²) in [4.78, 5) is 7.96. The molecule has 6 nitrogen and oxygen atoms in total. The van der Waals surface area contributed by atoms with Crippen LogP contribution in [0, 0.1) is 3.57 Å². The van der Waals surface area contributed by atoms with Gasteiger partial charge in [-0.05, 0) is 94.0 Å². The molecule has 196 valence electrons. The number of nitrogens with two attached hydrogens (primary N) is 1. The van der Waals surface area contributed by atoms with Gasteiger partial charge in [0.25, 0.3) is 0 Å². The fourth-order valence-corrected chi connectivity index (χ4v) is 4.22. The summed E-state index contributed by atoms with van der Waals surface area (Å²) in [6.45, 7) is 0. The fourth-order valence-electron chi connectivity index (χ4n) is 3.51. The summed E-state index contributed by atoms with van der Waals surface area (Å²) < 4.78 is 1.10. The molecule has 5 N–H and O–H groups in total. The second kappa shape index (κ2) is 13.3. The zero-order valence-corrected chi connectivity index (χ0v) is 24.1. The highest BCUT2D eigenvalue weighted by atomic mass is 127. The SMILES string of the molecule is Clc1ccccc1I.Nc1cc2ccncc2cc1O.Oc1cc2cnccc2cc1Nc1ccccc1Cl. The second-order valence-corrected chi connectivity index (χ2v) is 10.2. The Morgan fingerprint density at radius 2 is 1.21 bits per heavy atom. The Morgan fingerprint density at radius 1 is 0.641 bits per heavy atom. The minimum atomic E-state index is 0.107. The summed E-state index contributed by atoms with van der Waals surface area (Å²) in [6, 6.07) is 25.8. The van der Waals surface area contributed by atoms with E-state index in [2.05, 4.69) is 37.9 Å². The summed E-state index contributed by atoms with van der Waals surface area (Å²) in [7, 11) is 0. The zero-order chi connectivity index (χ0) is 27.8. The number of hydrogen-bond acceptors (Lipinski definition) is 6. The minimum Gasteiger partial charge on any atom is -0.506 e. The van der Waals surface area contributed by atoms with Crippen molar-refractivity contribution in [3.8, 4) is 11.5 Å². The summed E-state index contributed by atoms with van der Waals surface area (Å²) >= 11 is 14.0. The Bertz CT molecular complexity index is 1670. The molecular weight excluding hydrogens is 646 g/mol. The van der Waals surface area contributed by atoms with Gasteiger partial charge in [-0.3, -0.25) is 9.97 Å². The quantitative estimate of drug-likeness (QED) is 0.0835. The lowest BCUT2D eigenvalue weighted by atomic mass is 10.1. The number of halogens is 3. The highest BCUT2D eigenvalue weighted by molar-refractivity contribution is 14.1. The molecule has 0 bridgehead atoms. The first-order chi connectivity index (χ1) is 18.8. The third-order valence-corrected chi connectivity index (χ3v) is 7.43. The van der Waals surface area contributed by atoms with Crippen LogP contribution in [0.4, 0.5) is 17.1 Å². The van der Waals surface area contributed by atoms with Crippen LogP contribution in [0.25, 0.3) is 21.5 Å². The summed E-state index contributed by atoms with van der Waals surface area (Å²) in [5.41, 5.74) is 7.29. The van der Waals surface area contributed by atoms with E-state index in [9.17, 15) is 10.2 Å². The summed E-state index contributed by atoms with van der Waals surface area (Å²) in [5.74, 6) is 0.274. The van der Waals surface area contributed by atoms with Crippen molar-refractivity contribution in [2.24, 2.45) is 0 Å². The average molecular weight is 669 g/mol. The highest BCUT2D eigenvalue weighted by Crippen LogP contribution is 2.33. The molecule has 39 heavy (non-hydrogen) atoms. The van der Waals surface area contributed by atoms with Crippen LogP contribution in [-0.2, 0) is 0 Å². The molecule has 0 fully saturated rings. The molecule has 0 atom stereocenters. The van der Waals surface area contributed by atoms with Crippen molar-refractivity contribution in [3.63, 3.8) is 0 Å². The summed E-state index contributed by atoms with van der Waals surface area (Å²) in [5, 5.41) is 27.6. The highest BCUT2D eigenvalue weighted by Gasteiger charge is 2.06. The molecule has 2 heterocycles. The van der Waals surface area contributed by atoms with Crippen molar-refractivity contribution < 1.29 is 10.2 Å². The Labute approximate surface area is 249 Å². The number of pyridine rings is 2. The van der Waals surface area contributed by atoms with E-state index >= 15 is 0 Å². The van der Waals surface area contributed by atoms with Gasteiger partial charge in [0.05, 0.1) is 27.1 Å². The number of aromatic nitrogens is 2. The number of aromatic hydroxyl groups is 2. The van der Waals surface area contributed by atoms with Crippen LogP contribution in [0.15, 0.2) is 110 Å². The Morgan fingerprint density at radius 3 is 1.79 bits per heavy atom. The molecule has 0 spiro atoms. The van der Waals surface area contributed by atoms with Crippen LogP contribution in [0.5, 0.6) is 11.5 Å². The number of nitrogens with zero attached hydrogens (tertiary/aromatic N) is 2. The number of phenols is 2. The Balaban J connectivity index is 0.000000150. The number of anilines is 3. The van der Waals surface area contributed by atoms with Crippen molar-refractivity contribution in [3.05, 3.63) is 123 Å². The number of hydrogen-bond donors (Lipinski definition) is 4. The normalized spacial score (nSPS) is 10.2. The van der Waals surface area contributed by atoms with Gasteiger partial charge in [-0.25, -0.2) is 0 Å². The van der Waals surface area contributed by atoms with E-state index < -0.39 is 0 Å². The molecule has 6 rings (SSSR count). The van der Waals surface area contributed by atoms with E-state index in [0.717, 1.165) is 35.8 Å². The molecule has 0 unspecified atom stereocenters. The molecular formula is C30H23Cl2IN4O2. The number of para-hydroxylation sites is 1. The Kier molecular flexibility index (Phi) is 9.64. The van der Waals surface area contributed by atoms with Crippen LogP contribution < -0.4 is 11.1 Å². The number of benzene rings is 4. The van der Waals surface area contributed by atoms with Gasteiger partial charge in [0.15, 0.2) is 0 Å². The van der Waals surface area contributed by atoms with Crippen molar-refractivity contribution in [2.75, 3.05) is 11.1 Å². The van der Waals surface area contributed by atoms with E-state index in [1.807, 2.05) is 60.7 Å². The van der Waals surface area contributed by atoms with Crippen LogP contribution in [0.2, 0.25) is 10.0 Å². The monoisotopic (exact) mass is 668 g/mol. The molecule has 0 aliphatic rings. The van der Waals surface area contributed by atoms with Gasteiger partial charge in [0.1, 0.15) is 11.5 Å². The minimum absolute atomic E-state index is 0.107. The van der Waals surface area contributed by atoms with Crippen LogP contribution in [0.3, 0.4) is 0 Å². The smallest absolute Gasteiger partial charge is 0.139 e. The van der Waals surface area contributed by atoms with Gasteiger partial charge in [-0.2, -0.15) is 0 Å². The number of rotatable bonds is 2. The van der Waals surface area contributed by atoms with Gasteiger partial charge in [0.2, 0.25) is 0 Å². The maximum atomic E-state index is 10.0. The molecule has 4 aromatic carbocycles. The first-order valence-corrected chi connectivity index (χ1v) is 13.5. The molecule has 0 saturated heterocycles. The van der Waals surface area contributed by atoms with Crippen molar-refractivity contribution in [1.29, 1.82) is 0 Å². The van der Waals surface area contributed by atoms with E-state index in [4.69, 9.17) is 28.9 Å². The third-order valence-electron chi connectivity index (χ3n) is 5.51. The van der Waals surface area contributed by atoms with Crippen LogP contribution in [-0.4, -0.2) is 20.2 Å². The molecule has 0 aliphatic carbocycles. The largest absolute Gasteiger partial charge is 0.506 e. The van der Waals surface area contributed by atoms with E-state index in [1.54, 1.807) is 49.1 Å². The molecule has 0 radical (unpaired) electrons. The first-order valence-electron chi connectivity index (χ1n) is 11.6. The van der Waals surface area contributed by atoms with E-state index in [1.165, 1.54) is 0 Å². The molecule has 0 aliphatic heterocycles. The van der Waals surface area contributed by atoms with Crippen molar-refractivity contribution >= 4 is 84.4 Å². The van der Waals surface area contributed by atoms with Crippen LogP contribution >= 0.6 is 45.8 Å². The van der Waals surface area contributed by atoms with Crippen molar-refractivity contribution in [1.82, 2.24) is 9.97 Å². The van der Waals surface area contributed by atoms with Crippen molar-refractivity contribution in [2.45, 2.75) is 0 Å². The standard InChI is InChI=1S/C15H11ClN2O.C9H8N2O.C6H4ClI/c16-12-3-1-2-4-13(12)18-14-7-10-5-6-17-9-11(10)8-15(14)19;10-8-3-6-1-2-11-5-7(6)4-9(8)12;7-5-3-1-2-4-6(5)8/h1-9,18-19H;1-5,12H,10H2;1-4H. The predicted octanol–water partition coefficient (Wildman–Crippen LogP) is 8.80. The second-order valence-electron chi connectivity index (χ2n) is 8.24. The Hall–Kier alpha value is -3.79. The van der Waals surface area contributed by atoms with E-state index in [0.29, 0.717) is 16.4 Å². The van der Waals surface area contributed by atoms with E-state index in [-0.39, 0.29) is 11.5 Å². The average Bonchev–Trinajstić information content (AvgIpc) is 2.93. The maximum Gasteiger partial charge on any atom is 0.139 e. The van der Waals surface area contributed by atoms with Gasteiger partial charge in [0, 0.05) is 39.1 Å². The fraction of sp³-hybridized carbons (Fsp3) is 0. The number of fused-ring (bicyclic) bond motifs is 2. The molecule has 9 heteroatoms. The predicted molar refractivity (Wildman–Crippen MR) is 170 cm³/mol. The maximum absolute atomic E-state index is 10.0. The first kappa shape index (κ1) is 28.2. The lowest BCUT2D eigenvalue weighted by molar-refractivity contribution is 0.478. The topological polar surface area (TPSA) is 104 Å². The zero-order valence-electron chi connectivity index (χ0n) is 20.4. The van der Waals surface area contributed by atoms with Crippen LogP contribution in [0.1, 0.15) is 0 Å². The summed E-state index contributed by atoms with van der Waals surface area (Å²) in [6.07, 6.45) is 6.82. The van der Waals surface area contributed by atoms with Gasteiger partial charge >= 0.3 is 0 Å². The lowest BCUT2D eigenvalue weighted by Gasteiger charge is -2.11. The van der Waals surface area contributed by atoms with Gasteiger partial charge < -0.3 is 21.3 Å². The molecule has 0 saturated carbocycles. The van der Waals surface area contributed by atoms with Gasteiger partial charge in [-0.1, -0.05) is 47.5 Å². The molecule has 6 aromatic rings. The lowest BCUT2D eigenvalue weighted by Crippen LogP contribution is -1.92.